The molecule has 2 aromatic rings. The van der Waals surface area contributed by atoms with Crippen LogP contribution in [0, 0.1) is 5.92 Å². The third-order valence-corrected chi connectivity index (χ3v) is 5.23. The fourth-order valence-electron chi connectivity index (χ4n) is 3.10. The molecule has 1 aliphatic heterocycles. The summed E-state index contributed by atoms with van der Waals surface area (Å²) in [5.74, 6) is 1.57. The van der Waals surface area contributed by atoms with E-state index < -0.39 is 0 Å². The largest absolute Gasteiger partial charge is 0.350 e. The van der Waals surface area contributed by atoms with Gasteiger partial charge in [-0.1, -0.05) is 4.49 Å². The summed E-state index contributed by atoms with van der Waals surface area (Å²) in [6, 6.07) is 0. The smallest absolute Gasteiger partial charge is 0.275 e. The van der Waals surface area contributed by atoms with E-state index in [0.29, 0.717) is 50.6 Å². The Bertz CT molecular complexity index is 768. The summed E-state index contributed by atoms with van der Waals surface area (Å²) in [4.78, 5) is 30.6. The van der Waals surface area contributed by atoms with E-state index in [9.17, 15) is 9.59 Å². The average molecular weight is 360 g/mol. The van der Waals surface area contributed by atoms with Crippen LogP contribution in [0.25, 0.3) is 0 Å². The molecule has 1 saturated carbocycles. The van der Waals surface area contributed by atoms with Crippen LogP contribution < -0.4 is 5.32 Å². The Labute approximate surface area is 149 Å². The lowest BCUT2D eigenvalue weighted by Crippen LogP contribution is -2.34. The third kappa shape index (κ3) is 3.71. The van der Waals surface area contributed by atoms with E-state index in [1.807, 2.05) is 6.20 Å². The Balaban J connectivity index is 1.37. The Morgan fingerprint density at radius 3 is 2.92 bits per heavy atom. The van der Waals surface area contributed by atoms with Gasteiger partial charge < -0.3 is 14.8 Å². The number of hydrogen-bond donors (Lipinski definition) is 1. The number of fused-ring (bicyclic) bond motifs is 1. The molecule has 1 N–H and O–H groups in total. The van der Waals surface area contributed by atoms with Crippen LogP contribution >= 0.6 is 11.5 Å². The first-order chi connectivity index (χ1) is 12.2. The number of imidazole rings is 1. The minimum absolute atomic E-state index is 0.0845. The zero-order valence-electron chi connectivity index (χ0n) is 13.8. The van der Waals surface area contributed by atoms with E-state index in [1.54, 1.807) is 10.3 Å². The van der Waals surface area contributed by atoms with Gasteiger partial charge >= 0.3 is 0 Å². The van der Waals surface area contributed by atoms with Crippen molar-refractivity contribution in [2.24, 2.45) is 5.92 Å². The molecule has 1 aliphatic carbocycles. The van der Waals surface area contributed by atoms with E-state index in [1.165, 1.54) is 24.4 Å². The summed E-state index contributed by atoms with van der Waals surface area (Å²) in [5, 5.41) is 8.52. The molecule has 0 unspecified atom stereocenters. The highest BCUT2D eigenvalue weighted by Gasteiger charge is 2.25. The van der Waals surface area contributed by atoms with E-state index in [-0.39, 0.29) is 11.8 Å². The topological polar surface area (TPSA) is 93.0 Å². The van der Waals surface area contributed by atoms with Crippen molar-refractivity contribution in [3.05, 3.63) is 28.8 Å². The van der Waals surface area contributed by atoms with Gasteiger partial charge in [0.05, 0.1) is 18.4 Å². The van der Waals surface area contributed by atoms with E-state index in [2.05, 4.69) is 24.5 Å². The molecule has 2 aliphatic rings. The van der Waals surface area contributed by atoms with E-state index in [0.717, 1.165) is 11.5 Å². The molecule has 0 bridgehead atoms. The predicted molar refractivity (Wildman–Crippen MR) is 90.9 cm³/mol. The number of nitrogens with one attached hydrogen (secondary N) is 1. The fraction of sp³-hybridized carbons (Fsp3) is 0.562. The monoisotopic (exact) mass is 360 g/mol. The molecule has 4 rings (SSSR count). The first-order valence-corrected chi connectivity index (χ1v) is 9.40. The minimum Gasteiger partial charge on any atom is -0.350 e. The second-order valence-electron chi connectivity index (χ2n) is 6.57. The first kappa shape index (κ1) is 16.2. The number of carbonyl (C=O) groups excluding carboxylic acids is 2. The number of rotatable bonds is 5. The molecule has 25 heavy (non-hydrogen) atoms. The van der Waals surface area contributed by atoms with Gasteiger partial charge in [-0.15, -0.1) is 5.10 Å². The van der Waals surface area contributed by atoms with Crippen molar-refractivity contribution in [3.63, 3.8) is 0 Å². The number of nitrogens with zero attached hydrogens (tertiary/aromatic N) is 5. The highest BCUT2D eigenvalue weighted by Crippen LogP contribution is 2.32. The van der Waals surface area contributed by atoms with Crippen molar-refractivity contribution in [2.45, 2.75) is 38.8 Å². The van der Waals surface area contributed by atoms with Crippen molar-refractivity contribution < 1.29 is 9.59 Å². The molecule has 3 heterocycles. The average Bonchev–Trinajstić information content (AvgIpc) is 3.16. The molecule has 9 heteroatoms. The van der Waals surface area contributed by atoms with Gasteiger partial charge in [-0.3, -0.25) is 9.59 Å². The van der Waals surface area contributed by atoms with Gasteiger partial charge in [-0.05, 0) is 30.3 Å². The lowest BCUT2D eigenvalue weighted by Gasteiger charge is -2.18. The van der Waals surface area contributed by atoms with Gasteiger partial charge in [-0.2, -0.15) is 0 Å². The Hall–Kier alpha value is -2.29. The molecule has 1 fully saturated rings. The molecule has 0 radical (unpaired) electrons. The molecule has 2 amide bonds. The van der Waals surface area contributed by atoms with Crippen molar-refractivity contribution in [1.29, 1.82) is 0 Å². The van der Waals surface area contributed by atoms with Gasteiger partial charge in [0.2, 0.25) is 5.91 Å². The van der Waals surface area contributed by atoms with Crippen LogP contribution in [-0.2, 0) is 24.3 Å². The molecule has 132 valence electrons. The highest BCUT2D eigenvalue weighted by atomic mass is 32.1. The zero-order chi connectivity index (χ0) is 17.2. The molecule has 8 nitrogen and oxygen atoms in total. The zero-order valence-corrected chi connectivity index (χ0v) is 14.7. The maximum atomic E-state index is 12.4. The highest BCUT2D eigenvalue weighted by molar-refractivity contribution is 7.03. The maximum absolute atomic E-state index is 12.4. The predicted octanol–water partition coefficient (Wildman–Crippen LogP) is 0.849. The lowest BCUT2D eigenvalue weighted by molar-refractivity contribution is -0.121. The van der Waals surface area contributed by atoms with Crippen molar-refractivity contribution in [3.8, 4) is 0 Å². The van der Waals surface area contributed by atoms with Crippen LogP contribution in [0.5, 0.6) is 0 Å². The fourth-order valence-corrected chi connectivity index (χ4v) is 3.53. The van der Waals surface area contributed by atoms with Crippen LogP contribution in [0.3, 0.4) is 0 Å². The summed E-state index contributed by atoms with van der Waals surface area (Å²) in [6.45, 7) is 2.37. The van der Waals surface area contributed by atoms with E-state index in [4.69, 9.17) is 0 Å². The Morgan fingerprint density at radius 1 is 1.28 bits per heavy atom. The van der Waals surface area contributed by atoms with E-state index >= 15 is 0 Å². The second kappa shape index (κ2) is 6.91. The van der Waals surface area contributed by atoms with Gasteiger partial charge in [0, 0.05) is 37.9 Å². The van der Waals surface area contributed by atoms with Crippen molar-refractivity contribution >= 4 is 23.3 Å². The number of hydrogen-bond acceptors (Lipinski definition) is 6. The minimum atomic E-state index is -0.0845. The van der Waals surface area contributed by atoms with Gasteiger partial charge in [-0.25, -0.2) is 4.98 Å². The van der Waals surface area contributed by atoms with Crippen molar-refractivity contribution in [1.82, 2.24) is 29.4 Å². The molecular weight excluding hydrogens is 340 g/mol. The van der Waals surface area contributed by atoms with Gasteiger partial charge in [0.1, 0.15) is 5.82 Å². The first-order valence-electron chi connectivity index (χ1n) is 8.57. The summed E-state index contributed by atoms with van der Waals surface area (Å²) >= 11 is 1.18. The van der Waals surface area contributed by atoms with Crippen LogP contribution in [0.15, 0.2) is 11.6 Å². The number of carbonyl (C=O) groups is 2. The third-order valence-electron chi connectivity index (χ3n) is 4.72. The summed E-state index contributed by atoms with van der Waals surface area (Å²) < 4.78 is 5.87. The number of amides is 2. The Kier molecular flexibility index (Phi) is 4.48. The molecule has 0 aromatic carbocycles. The quantitative estimate of drug-likeness (QED) is 0.853. The normalized spacial score (nSPS) is 17.0. The molecule has 0 spiro atoms. The lowest BCUT2D eigenvalue weighted by atomic mass is 10.3. The Morgan fingerprint density at radius 2 is 2.16 bits per heavy atom. The number of aromatic nitrogens is 4. The summed E-state index contributed by atoms with van der Waals surface area (Å²) in [5.41, 5.74) is 1.39. The summed E-state index contributed by atoms with van der Waals surface area (Å²) in [7, 11) is 0. The van der Waals surface area contributed by atoms with Crippen LogP contribution in [0.2, 0.25) is 0 Å². The summed E-state index contributed by atoms with van der Waals surface area (Å²) in [6.07, 6.45) is 5.50. The second-order valence-corrected chi connectivity index (χ2v) is 7.18. The molecular formula is C16H20N6O2S. The van der Waals surface area contributed by atoms with Crippen LogP contribution in [-0.4, -0.2) is 48.9 Å². The van der Waals surface area contributed by atoms with Gasteiger partial charge in [0.25, 0.3) is 5.91 Å². The van der Waals surface area contributed by atoms with Gasteiger partial charge in [0.15, 0.2) is 5.69 Å². The maximum Gasteiger partial charge on any atom is 0.275 e. The molecule has 0 atom stereocenters. The molecule has 2 aromatic heterocycles. The standard InChI is InChI=1S/C16H20N6O2S/c23-15(7-11-1-2-11)18-9-12-8-17-14-3-4-21(5-6-22(12)14)16(24)13-10-25-20-19-13/h8,10-11H,1-7,9H2,(H,18,23). The van der Waals surface area contributed by atoms with Crippen LogP contribution in [0.1, 0.15) is 41.3 Å². The van der Waals surface area contributed by atoms with Crippen LogP contribution in [0.4, 0.5) is 0 Å². The SMILES string of the molecule is O=C(CC1CC1)NCc1cnc2n1CCN(C(=O)c1csnn1)CC2. The molecule has 0 saturated heterocycles. The van der Waals surface area contributed by atoms with Crippen molar-refractivity contribution in [2.75, 3.05) is 13.1 Å².